The van der Waals surface area contributed by atoms with Crippen LogP contribution in [0.2, 0.25) is 0 Å². The van der Waals surface area contributed by atoms with Crippen LogP contribution in [0.1, 0.15) is 334 Å². The van der Waals surface area contributed by atoms with E-state index in [1.807, 2.05) is 0 Å². The van der Waals surface area contributed by atoms with E-state index in [9.17, 15) is 0 Å². The molecule has 0 spiro atoms. The Morgan fingerprint density at radius 3 is 0.931 bits per heavy atom. The second kappa shape index (κ2) is 53.1. The lowest BCUT2D eigenvalue weighted by Gasteiger charge is -2.08. The molecule has 0 aliphatic heterocycles. The Balaban J connectivity index is 1.55. The molecular formula is C70H120N2. The lowest BCUT2D eigenvalue weighted by molar-refractivity contribution is 0.523. The van der Waals surface area contributed by atoms with E-state index in [-0.39, 0.29) is 0 Å². The summed E-state index contributed by atoms with van der Waals surface area (Å²) < 4.78 is 0. The molecule has 0 saturated carbocycles. The van der Waals surface area contributed by atoms with E-state index in [1.165, 1.54) is 281 Å². The number of aliphatic imine (C=N–C) groups is 2. The van der Waals surface area contributed by atoms with Crippen LogP contribution >= 0.6 is 0 Å². The normalized spacial score (nSPS) is 12.2. The summed E-state index contributed by atoms with van der Waals surface area (Å²) in [5.74, 6) is 0. The van der Waals surface area contributed by atoms with Crippen molar-refractivity contribution < 1.29 is 0 Å². The van der Waals surface area contributed by atoms with E-state index in [1.54, 1.807) is 0 Å². The molecule has 2 aromatic carbocycles. The van der Waals surface area contributed by atoms with Gasteiger partial charge in [0.25, 0.3) is 0 Å². The molecule has 72 heavy (non-hydrogen) atoms. The Bertz CT molecular complexity index is 1550. The molecule has 2 heteroatoms. The third kappa shape index (κ3) is 41.6. The zero-order valence-electron chi connectivity index (χ0n) is 48.5. The van der Waals surface area contributed by atoms with Crippen molar-refractivity contribution in [2.24, 2.45) is 9.98 Å². The third-order valence-electron chi connectivity index (χ3n) is 15.3. The van der Waals surface area contributed by atoms with E-state index >= 15 is 0 Å². The van der Waals surface area contributed by atoms with Crippen LogP contribution in [0.3, 0.4) is 0 Å². The highest BCUT2D eigenvalue weighted by Crippen LogP contribution is 2.25. The third-order valence-corrected chi connectivity index (χ3v) is 15.3. The van der Waals surface area contributed by atoms with Gasteiger partial charge in [-0.25, -0.2) is 0 Å². The molecule has 0 amide bonds. The summed E-state index contributed by atoms with van der Waals surface area (Å²) in [5, 5.41) is 0. The predicted molar refractivity (Wildman–Crippen MR) is 328 cm³/mol. The Labute approximate surface area is 450 Å². The summed E-state index contributed by atoms with van der Waals surface area (Å²) in [5.41, 5.74) is 6.01. The lowest BCUT2D eigenvalue weighted by atomic mass is 10.0. The summed E-state index contributed by atoms with van der Waals surface area (Å²) >= 11 is 0. The van der Waals surface area contributed by atoms with Crippen LogP contribution in [0.5, 0.6) is 0 Å². The highest BCUT2D eigenvalue weighted by atomic mass is 14.8. The first-order chi connectivity index (χ1) is 35.8. The summed E-state index contributed by atoms with van der Waals surface area (Å²) in [6.07, 6.45) is 79.0. The van der Waals surface area contributed by atoms with Crippen molar-refractivity contribution in [1.82, 2.24) is 0 Å². The van der Waals surface area contributed by atoms with Crippen molar-refractivity contribution in [3.8, 4) is 0 Å². The predicted octanol–water partition coefficient (Wildman–Crippen LogP) is 24.8. The number of allylic oxidation sites excluding steroid dienone is 4. The molecule has 0 unspecified atom stereocenters. The Morgan fingerprint density at radius 2 is 0.583 bits per heavy atom. The van der Waals surface area contributed by atoms with Crippen LogP contribution in [0, 0.1) is 0 Å². The van der Waals surface area contributed by atoms with Crippen LogP contribution in [0.25, 0.3) is 0 Å². The molecule has 2 aromatic rings. The van der Waals surface area contributed by atoms with E-state index in [4.69, 9.17) is 9.98 Å². The molecule has 0 aromatic heterocycles. The van der Waals surface area contributed by atoms with Gasteiger partial charge in [0.15, 0.2) is 0 Å². The van der Waals surface area contributed by atoms with Gasteiger partial charge in [-0.2, -0.15) is 0 Å². The summed E-state index contributed by atoms with van der Waals surface area (Å²) in [6.45, 7) is 6.88. The first-order valence-corrected chi connectivity index (χ1v) is 32.4. The number of unbranched alkanes of at least 4 members (excludes halogenated alkanes) is 41. The summed E-state index contributed by atoms with van der Waals surface area (Å²) in [4.78, 5) is 10.3. The smallest absolute Gasteiger partial charge is 0.0665 e. The van der Waals surface area contributed by atoms with Gasteiger partial charge in [-0.15, -0.1) is 0 Å². The average Bonchev–Trinajstić information content (AvgIpc) is 3.40. The number of aryl methyl sites for hydroxylation is 2. The van der Waals surface area contributed by atoms with Gasteiger partial charge in [-0.1, -0.05) is 319 Å². The molecule has 0 radical (unpaired) electrons. The van der Waals surface area contributed by atoms with Gasteiger partial charge in [-0.3, -0.25) is 9.98 Å². The van der Waals surface area contributed by atoms with Gasteiger partial charge in [0.05, 0.1) is 17.1 Å². The van der Waals surface area contributed by atoms with E-state index in [0.717, 1.165) is 62.0 Å². The topological polar surface area (TPSA) is 24.7 Å². The zero-order valence-corrected chi connectivity index (χ0v) is 48.5. The Morgan fingerprint density at radius 1 is 0.306 bits per heavy atom. The van der Waals surface area contributed by atoms with Crippen molar-refractivity contribution in [2.45, 2.75) is 335 Å². The number of hydrogen-bond acceptors (Lipinski definition) is 2. The van der Waals surface area contributed by atoms with Crippen LogP contribution in [0.4, 0.5) is 11.4 Å². The zero-order chi connectivity index (χ0) is 51.1. The van der Waals surface area contributed by atoms with Gasteiger partial charge in [0, 0.05) is 6.21 Å². The fourth-order valence-corrected chi connectivity index (χ4v) is 10.5. The second-order valence-corrected chi connectivity index (χ2v) is 22.3. The number of hydrogen-bond donors (Lipinski definition) is 0. The largest absolute Gasteiger partial charge is 0.255 e. The van der Waals surface area contributed by atoms with Gasteiger partial charge in [-0.05, 0) is 100 Å². The molecule has 0 saturated heterocycles. The van der Waals surface area contributed by atoms with Crippen molar-refractivity contribution in [2.75, 3.05) is 0 Å². The standard InChI is InChI=1S/C70H120N2/c1-4-7-10-12-14-16-18-20-22-24-26-28-30-32-34-36-38-40-42-44-46-48-50-52-58-66-60-54-56-63-69(66)71-65-68(62-9-6-3)72-70-64-57-55-61-67(70)59-53-51-49-47-45-43-41-39-37-35-33-31-29-27-25-23-21-19-17-15-13-11-8-5-2/h46-49,54-57,60-61,63-65H,4-45,50-53,58-59,62H2,1-3H3/b48-46+,49-47+,71-65?,72-68?. The van der Waals surface area contributed by atoms with Crippen LogP contribution in [-0.4, -0.2) is 11.9 Å². The monoisotopic (exact) mass is 989 g/mol. The van der Waals surface area contributed by atoms with Crippen molar-refractivity contribution in [3.63, 3.8) is 0 Å². The molecule has 0 aliphatic rings. The second-order valence-electron chi connectivity index (χ2n) is 22.3. The molecule has 0 bridgehead atoms. The number of rotatable bonds is 54. The van der Waals surface area contributed by atoms with E-state index in [2.05, 4.69) is 99.8 Å². The van der Waals surface area contributed by atoms with Gasteiger partial charge < -0.3 is 0 Å². The molecule has 0 N–H and O–H groups in total. The minimum atomic E-state index is 0.961. The maximum atomic E-state index is 5.26. The molecule has 0 heterocycles. The molecule has 2 nitrogen and oxygen atoms in total. The summed E-state index contributed by atoms with van der Waals surface area (Å²) in [6, 6.07) is 17.6. The highest BCUT2D eigenvalue weighted by Gasteiger charge is 2.06. The molecule has 2 rings (SSSR count). The minimum Gasteiger partial charge on any atom is -0.255 e. The van der Waals surface area contributed by atoms with Gasteiger partial charge >= 0.3 is 0 Å². The van der Waals surface area contributed by atoms with Crippen molar-refractivity contribution in [3.05, 3.63) is 84.0 Å². The minimum absolute atomic E-state index is 0.961. The maximum absolute atomic E-state index is 5.26. The Kier molecular flexibility index (Phi) is 48.2. The fourth-order valence-electron chi connectivity index (χ4n) is 10.5. The molecule has 410 valence electrons. The van der Waals surface area contributed by atoms with Crippen LogP contribution in [0.15, 0.2) is 82.8 Å². The van der Waals surface area contributed by atoms with Gasteiger partial charge in [0.2, 0.25) is 0 Å². The van der Waals surface area contributed by atoms with E-state index < -0.39 is 0 Å². The first kappa shape index (κ1) is 65.4. The van der Waals surface area contributed by atoms with Crippen molar-refractivity contribution >= 4 is 23.3 Å². The molecule has 0 atom stereocenters. The number of nitrogens with zero attached hydrogens (tertiary/aromatic N) is 2. The van der Waals surface area contributed by atoms with Crippen LogP contribution < -0.4 is 0 Å². The first-order valence-electron chi connectivity index (χ1n) is 32.4. The highest BCUT2D eigenvalue weighted by molar-refractivity contribution is 6.31. The molecular weight excluding hydrogens is 869 g/mol. The SMILES string of the molecule is CCCCCCCCCCCCCCCCCCCCC/C=C/CCCc1ccccc1N=CC(CCCC)=Nc1ccccc1CCC/C=C/CCCCCCCCCCCCCCCCCCCCC. The number of para-hydroxylation sites is 2. The maximum Gasteiger partial charge on any atom is 0.0665 e. The van der Waals surface area contributed by atoms with Crippen molar-refractivity contribution in [1.29, 1.82) is 0 Å². The molecule has 0 fully saturated rings. The lowest BCUT2D eigenvalue weighted by Crippen LogP contribution is -2.00. The summed E-state index contributed by atoms with van der Waals surface area (Å²) in [7, 11) is 0. The quantitative estimate of drug-likeness (QED) is 0.0358. The average molecular weight is 990 g/mol. The fraction of sp³-hybridized carbons (Fsp3) is 0.743. The molecule has 0 aliphatic carbocycles. The van der Waals surface area contributed by atoms with E-state index in [0.29, 0.717) is 0 Å². The van der Waals surface area contributed by atoms with Crippen LogP contribution in [-0.2, 0) is 12.8 Å². The number of benzene rings is 2. The van der Waals surface area contributed by atoms with Gasteiger partial charge in [0.1, 0.15) is 0 Å². The Hall–Kier alpha value is -2.74.